The van der Waals surface area contributed by atoms with Crippen LogP contribution in [0.1, 0.15) is 25.0 Å². The van der Waals surface area contributed by atoms with Gasteiger partial charge in [-0.3, -0.25) is 4.99 Å². The first-order valence-corrected chi connectivity index (χ1v) is 6.93. The molecule has 0 saturated heterocycles. The Morgan fingerprint density at radius 3 is 2.40 bits per heavy atom. The lowest BCUT2D eigenvalue weighted by Gasteiger charge is -2.16. The van der Waals surface area contributed by atoms with Crippen molar-refractivity contribution < 1.29 is 0 Å². The third-order valence-corrected chi connectivity index (χ3v) is 3.37. The third-order valence-electron chi connectivity index (χ3n) is 3.37. The van der Waals surface area contributed by atoms with Gasteiger partial charge in [0.25, 0.3) is 0 Å². The molecule has 0 radical (unpaired) electrons. The molecule has 1 aromatic rings. The number of nitrogens with two attached hydrogens (primary N) is 1. The quantitative estimate of drug-likeness (QED) is 0.446. The summed E-state index contributed by atoms with van der Waals surface area (Å²) in [6.45, 7) is 12.3. The van der Waals surface area contributed by atoms with Gasteiger partial charge in [-0.05, 0) is 50.2 Å². The fourth-order valence-corrected chi connectivity index (χ4v) is 1.86. The number of aliphatic imine (C=N–C) groups is 1. The Morgan fingerprint density at radius 1 is 1.20 bits per heavy atom. The Bertz CT molecular complexity index is 428. The fourth-order valence-electron chi connectivity index (χ4n) is 1.86. The van der Waals surface area contributed by atoms with E-state index in [1.807, 2.05) is 6.07 Å². The molecule has 0 aliphatic carbocycles. The van der Waals surface area contributed by atoms with Crippen LogP contribution in [0.3, 0.4) is 0 Å². The number of guanidine groups is 1. The van der Waals surface area contributed by atoms with Crippen LogP contribution < -0.4 is 11.1 Å². The van der Waals surface area contributed by atoms with E-state index in [1.165, 1.54) is 11.1 Å². The van der Waals surface area contributed by atoms with Crippen molar-refractivity contribution in [2.24, 2.45) is 10.7 Å². The lowest BCUT2D eigenvalue weighted by atomic mass is 10.1. The molecule has 0 saturated carbocycles. The summed E-state index contributed by atoms with van der Waals surface area (Å²) < 4.78 is 0. The summed E-state index contributed by atoms with van der Waals surface area (Å²) in [6.07, 6.45) is 0. The summed E-state index contributed by atoms with van der Waals surface area (Å²) in [5.74, 6) is 0.482. The maximum absolute atomic E-state index is 5.88. The maximum Gasteiger partial charge on any atom is 0.193 e. The van der Waals surface area contributed by atoms with Gasteiger partial charge in [-0.1, -0.05) is 19.9 Å². The van der Waals surface area contributed by atoms with E-state index in [0.717, 1.165) is 31.9 Å². The molecule has 114 valence electrons. The molecule has 0 heterocycles. The Kier molecular flexibility index (Phi) is 9.58. The van der Waals surface area contributed by atoms with Gasteiger partial charge in [0, 0.05) is 12.2 Å². The van der Waals surface area contributed by atoms with Crippen molar-refractivity contribution in [3.8, 4) is 0 Å². The highest BCUT2D eigenvalue weighted by Crippen LogP contribution is 2.13. The highest BCUT2D eigenvalue weighted by molar-refractivity contribution is 14.0. The average molecular weight is 390 g/mol. The Labute approximate surface area is 139 Å². The van der Waals surface area contributed by atoms with Gasteiger partial charge in [0.15, 0.2) is 5.96 Å². The molecule has 1 aromatic carbocycles. The predicted molar refractivity (Wildman–Crippen MR) is 99.2 cm³/mol. The standard InChI is InChI=1S/C15H26N4.HI/c1-5-19(6-2)10-9-17-15(16)18-14-8-7-12(3)13(4)11-14;/h7-8,11H,5-6,9-10H2,1-4H3,(H3,16,17,18);1H. The highest BCUT2D eigenvalue weighted by atomic mass is 127. The summed E-state index contributed by atoms with van der Waals surface area (Å²) in [6, 6.07) is 6.19. The second-order valence-electron chi connectivity index (χ2n) is 4.72. The topological polar surface area (TPSA) is 53.6 Å². The van der Waals surface area contributed by atoms with Crippen LogP contribution in [-0.4, -0.2) is 37.0 Å². The molecule has 0 aromatic heterocycles. The third kappa shape index (κ3) is 6.56. The van der Waals surface area contributed by atoms with Gasteiger partial charge in [0.2, 0.25) is 0 Å². The molecule has 0 fully saturated rings. The van der Waals surface area contributed by atoms with Crippen LogP contribution in [0.25, 0.3) is 0 Å². The fraction of sp³-hybridized carbons (Fsp3) is 0.533. The zero-order valence-corrected chi connectivity index (χ0v) is 15.3. The molecule has 0 spiro atoms. The molecule has 1 rings (SSSR count). The smallest absolute Gasteiger partial charge is 0.193 e. The van der Waals surface area contributed by atoms with Gasteiger partial charge in [-0.2, -0.15) is 0 Å². The maximum atomic E-state index is 5.88. The number of nitrogens with zero attached hydrogens (tertiary/aromatic N) is 2. The van der Waals surface area contributed by atoms with E-state index in [4.69, 9.17) is 5.73 Å². The van der Waals surface area contributed by atoms with Crippen molar-refractivity contribution in [2.75, 3.05) is 31.5 Å². The van der Waals surface area contributed by atoms with Crippen LogP contribution in [0.15, 0.2) is 23.2 Å². The number of halogens is 1. The molecule has 20 heavy (non-hydrogen) atoms. The van der Waals surface area contributed by atoms with E-state index in [1.54, 1.807) is 0 Å². The molecule has 0 unspecified atom stereocenters. The van der Waals surface area contributed by atoms with Crippen LogP contribution in [0, 0.1) is 13.8 Å². The van der Waals surface area contributed by atoms with Crippen LogP contribution in [0.4, 0.5) is 5.69 Å². The lowest BCUT2D eigenvalue weighted by Crippen LogP contribution is -2.28. The van der Waals surface area contributed by atoms with Gasteiger partial charge in [-0.15, -0.1) is 24.0 Å². The van der Waals surface area contributed by atoms with Crippen molar-refractivity contribution in [3.05, 3.63) is 29.3 Å². The van der Waals surface area contributed by atoms with E-state index < -0.39 is 0 Å². The normalized spacial score (nSPS) is 11.3. The van der Waals surface area contributed by atoms with E-state index in [0.29, 0.717) is 5.96 Å². The van der Waals surface area contributed by atoms with E-state index in [-0.39, 0.29) is 24.0 Å². The molecule has 0 aliphatic rings. The van der Waals surface area contributed by atoms with Gasteiger partial charge in [0.1, 0.15) is 0 Å². The molecule has 0 aliphatic heterocycles. The van der Waals surface area contributed by atoms with E-state index in [2.05, 4.69) is 55.0 Å². The minimum Gasteiger partial charge on any atom is -0.370 e. The number of rotatable bonds is 6. The van der Waals surface area contributed by atoms with Gasteiger partial charge in [0.05, 0.1) is 6.54 Å². The number of hydrogen-bond donors (Lipinski definition) is 2. The first kappa shape index (κ1) is 19.2. The van der Waals surface area contributed by atoms with Crippen LogP contribution in [-0.2, 0) is 0 Å². The summed E-state index contributed by atoms with van der Waals surface area (Å²) >= 11 is 0. The number of benzene rings is 1. The zero-order chi connectivity index (χ0) is 14.3. The average Bonchev–Trinajstić information content (AvgIpc) is 2.39. The SMILES string of the molecule is CCN(CC)CCN=C(N)Nc1ccc(C)c(C)c1.I. The van der Waals surface area contributed by atoms with Crippen molar-refractivity contribution in [3.63, 3.8) is 0 Å². The first-order chi connectivity index (χ1) is 9.06. The molecular weight excluding hydrogens is 363 g/mol. The van der Waals surface area contributed by atoms with E-state index in [9.17, 15) is 0 Å². The second kappa shape index (κ2) is 9.99. The van der Waals surface area contributed by atoms with Gasteiger partial charge < -0.3 is 16.0 Å². The van der Waals surface area contributed by atoms with Gasteiger partial charge >= 0.3 is 0 Å². The van der Waals surface area contributed by atoms with Crippen LogP contribution in [0.2, 0.25) is 0 Å². The zero-order valence-electron chi connectivity index (χ0n) is 12.9. The predicted octanol–water partition coefficient (Wildman–Crippen LogP) is 2.99. The minimum absolute atomic E-state index is 0. The molecule has 3 N–H and O–H groups in total. The molecule has 4 nitrogen and oxygen atoms in total. The lowest BCUT2D eigenvalue weighted by molar-refractivity contribution is 0.313. The number of anilines is 1. The van der Waals surface area contributed by atoms with Crippen molar-refractivity contribution in [1.29, 1.82) is 0 Å². The molecule has 0 amide bonds. The van der Waals surface area contributed by atoms with Crippen molar-refractivity contribution in [2.45, 2.75) is 27.7 Å². The monoisotopic (exact) mass is 390 g/mol. The van der Waals surface area contributed by atoms with Crippen LogP contribution >= 0.6 is 24.0 Å². The summed E-state index contributed by atoms with van der Waals surface area (Å²) in [5.41, 5.74) is 9.41. The largest absolute Gasteiger partial charge is 0.370 e. The van der Waals surface area contributed by atoms with Gasteiger partial charge in [-0.25, -0.2) is 0 Å². The molecule has 0 atom stereocenters. The summed E-state index contributed by atoms with van der Waals surface area (Å²) in [4.78, 5) is 6.68. The van der Waals surface area contributed by atoms with Crippen LogP contribution in [0.5, 0.6) is 0 Å². The van der Waals surface area contributed by atoms with E-state index >= 15 is 0 Å². The Morgan fingerprint density at radius 2 is 1.85 bits per heavy atom. The summed E-state index contributed by atoms with van der Waals surface area (Å²) in [7, 11) is 0. The molecule has 5 heteroatoms. The summed E-state index contributed by atoms with van der Waals surface area (Å²) in [5, 5.41) is 3.13. The number of hydrogen-bond acceptors (Lipinski definition) is 2. The molecule has 0 bridgehead atoms. The minimum atomic E-state index is 0. The number of likely N-dealkylation sites (N-methyl/N-ethyl adjacent to an activating group) is 1. The highest BCUT2D eigenvalue weighted by Gasteiger charge is 1.99. The first-order valence-electron chi connectivity index (χ1n) is 6.93. The Balaban J connectivity index is 0.00000361. The number of aryl methyl sites for hydroxylation is 2. The van der Waals surface area contributed by atoms with Crippen molar-refractivity contribution in [1.82, 2.24) is 4.90 Å². The van der Waals surface area contributed by atoms with Crippen molar-refractivity contribution >= 4 is 35.6 Å². The second-order valence-corrected chi connectivity index (χ2v) is 4.72. The molecular formula is C15H27IN4. The number of nitrogens with one attached hydrogen (secondary N) is 1. The Hall–Kier alpha value is -0.820.